The predicted octanol–water partition coefficient (Wildman–Crippen LogP) is 0.119. The zero-order chi connectivity index (χ0) is 7.49. The second-order valence-electron chi connectivity index (χ2n) is 1.70. The molecule has 0 amide bonds. The quantitative estimate of drug-likeness (QED) is 0.546. The molecular weight excluding hydrogens is 141 g/mol. The van der Waals surface area contributed by atoms with Crippen LogP contribution in [0.15, 0.2) is 0 Å². The molecule has 2 unspecified atom stereocenters. The molecule has 0 rings (SSSR count). The third-order valence-electron chi connectivity index (χ3n) is 0.881. The summed E-state index contributed by atoms with van der Waals surface area (Å²) in [5, 5.41) is 16.5. The molecule has 0 aliphatic carbocycles. The Morgan fingerprint density at radius 1 is 1.89 bits per heavy atom. The van der Waals surface area contributed by atoms with Crippen LogP contribution >= 0.6 is 7.37 Å². The average Bonchev–Trinajstić information content (AvgIpc) is 1.65. The van der Waals surface area contributed by atoms with Crippen molar-refractivity contribution in [2.45, 2.75) is 12.8 Å². The molecule has 0 spiro atoms. The van der Waals surface area contributed by atoms with Crippen LogP contribution < -0.4 is 0 Å². The van der Waals surface area contributed by atoms with Gasteiger partial charge in [-0.2, -0.15) is 5.26 Å². The van der Waals surface area contributed by atoms with Crippen molar-refractivity contribution in [2.24, 2.45) is 0 Å². The normalized spacial score (nSPS) is 19.8. The van der Waals surface area contributed by atoms with Gasteiger partial charge in [-0.25, -0.2) is 0 Å². The largest absolute Gasteiger partial charge is 0.383 e. The number of nitrogens with zero attached hydrogens (tertiary/aromatic N) is 1. The van der Waals surface area contributed by atoms with Crippen LogP contribution in [0.1, 0.15) is 6.92 Å². The van der Waals surface area contributed by atoms with Gasteiger partial charge in [0, 0.05) is 0 Å². The van der Waals surface area contributed by atoms with Crippen LogP contribution in [0.5, 0.6) is 0 Å². The highest BCUT2D eigenvalue weighted by molar-refractivity contribution is 7.58. The molecule has 9 heavy (non-hydrogen) atoms. The van der Waals surface area contributed by atoms with Gasteiger partial charge in [0.2, 0.25) is 7.37 Å². The summed E-state index contributed by atoms with van der Waals surface area (Å²) in [5.41, 5.74) is 0. The van der Waals surface area contributed by atoms with Crippen molar-refractivity contribution in [3.63, 3.8) is 0 Å². The molecule has 0 saturated carbocycles. The van der Waals surface area contributed by atoms with E-state index in [4.69, 9.17) is 15.3 Å². The van der Waals surface area contributed by atoms with E-state index in [-0.39, 0.29) is 0 Å². The van der Waals surface area contributed by atoms with Gasteiger partial charge >= 0.3 is 0 Å². The summed E-state index contributed by atoms with van der Waals surface area (Å²) in [6, 6.07) is 1.52. The summed E-state index contributed by atoms with van der Waals surface area (Å²) < 4.78 is 10.6. The molecule has 0 aromatic rings. The van der Waals surface area contributed by atoms with Gasteiger partial charge in [-0.05, 0) is 6.92 Å². The van der Waals surface area contributed by atoms with Crippen LogP contribution in [-0.4, -0.2) is 22.0 Å². The van der Waals surface area contributed by atoms with E-state index in [2.05, 4.69) is 0 Å². The Balaban J connectivity index is 4.07. The summed E-state index contributed by atoms with van der Waals surface area (Å²) in [5.74, 6) is -1.29. The molecule has 0 aliphatic heterocycles. The molecule has 2 N–H and O–H groups in total. The maximum absolute atomic E-state index is 10.6. The van der Waals surface area contributed by atoms with Gasteiger partial charge in [0.1, 0.15) is 12.0 Å². The average molecular weight is 149 g/mol. The highest BCUT2D eigenvalue weighted by atomic mass is 31.2. The molecule has 0 bridgehead atoms. The highest BCUT2D eigenvalue weighted by Gasteiger charge is 2.23. The Morgan fingerprint density at radius 3 is 2.44 bits per heavy atom. The van der Waals surface area contributed by atoms with Crippen molar-refractivity contribution in [1.29, 1.82) is 5.26 Å². The second kappa shape index (κ2) is 2.98. The molecule has 5 heteroatoms. The van der Waals surface area contributed by atoms with E-state index in [9.17, 15) is 4.57 Å². The second-order valence-corrected chi connectivity index (χ2v) is 4.28. The molecule has 0 saturated heterocycles. The van der Waals surface area contributed by atoms with Crippen LogP contribution in [-0.2, 0) is 4.57 Å². The fourth-order valence-electron chi connectivity index (χ4n) is 0.233. The van der Waals surface area contributed by atoms with Gasteiger partial charge in [0.15, 0.2) is 0 Å². The first-order chi connectivity index (χ1) is 4.00. The molecule has 0 heterocycles. The number of hydrogen-bond donors (Lipinski definition) is 2. The number of hydrogen-bond acceptors (Lipinski definition) is 3. The minimum absolute atomic E-state index is 0.481. The predicted molar refractivity (Wildman–Crippen MR) is 32.0 cm³/mol. The topological polar surface area (TPSA) is 81.3 Å². The summed E-state index contributed by atoms with van der Waals surface area (Å²) in [4.78, 5) is 8.67. The lowest BCUT2D eigenvalue weighted by molar-refractivity contribution is 0.249. The van der Waals surface area contributed by atoms with E-state index in [1.54, 1.807) is 0 Å². The number of nitriles is 1. The van der Waals surface area contributed by atoms with Gasteiger partial charge in [-0.3, -0.25) is 4.57 Å². The van der Waals surface area contributed by atoms with Crippen molar-refractivity contribution in [3.05, 3.63) is 0 Å². The van der Waals surface area contributed by atoms with Crippen molar-refractivity contribution in [1.82, 2.24) is 0 Å². The lowest BCUT2D eigenvalue weighted by Crippen LogP contribution is -2.03. The Kier molecular flexibility index (Phi) is 2.86. The summed E-state index contributed by atoms with van der Waals surface area (Å²) in [6.07, 6.45) is -0.481. The first-order valence-corrected chi connectivity index (χ1v) is 4.28. The smallest absolute Gasteiger partial charge is 0.241 e. The lowest BCUT2D eigenvalue weighted by atomic mass is 10.9. The van der Waals surface area contributed by atoms with Crippen molar-refractivity contribution in [2.75, 3.05) is 6.16 Å². The van der Waals surface area contributed by atoms with Gasteiger partial charge in [0.25, 0.3) is 0 Å². The molecule has 0 aromatic heterocycles. The van der Waals surface area contributed by atoms with Crippen LogP contribution in [0.3, 0.4) is 0 Å². The fourth-order valence-corrected chi connectivity index (χ4v) is 0.700. The zero-order valence-corrected chi connectivity index (χ0v) is 5.88. The molecule has 0 radical (unpaired) electrons. The molecule has 52 valence electrons. The van der Waals surface area contributed by atoms with Gasteiger partial charge < -0.3 is 10.00 Å². The third-order valence-corrected chi connectivity index (χ3v) is 2.64. The van der Waals surface area contributed by atoms with Crippen molar-refractivity contribution < 1.29 is 14.6 Å². The van der Waals surface area contributed by atoms with Crippen LogP contribution in [0.4, 0.5) is 0 Å². The van der Waals surface area contributed by atoms with Crippen LogP contribution in [0.25, 0.3) is 0 Å². The van der Waals surface area contributed by atoms with E-state index in [0.29, 0.717) is 0 Å². The van der Waals surface area contributed by atoms with E-state index < -0.39 is 19.4 Å². The van der Waals surface area contributed by atoms with Gasteiger partial charge in [0.05, 0.1) is 6.07 Å². The monoisotopic (exact) mass is 149 g/mol. The highest BCUT2D eigenvalue weighted by Crippen LogP contribution is 2.43. The zero-order valence-electron chi connectivity index (χ0n) is 4.98. The van der Waals surface area contributed by atoms with E-state index in [0.717, 1.165) is 0 Å². The molecule has 0 aromatic carbocycles. The number of aliphatic hydroxyl groups is 1. The number of rotatable bonds is 2. The standard InChI is InChI=1S/C4H8NO3P/c1-4(6)9(7,8)3-2-5/h4,6H,3H2,1H3,(H,7,8). The lowest BCUT2D eigenvalue weighted by Gasteiger charge is -2.08. The minimum Gasteiger partial charge on any atom is -0.383 e. The Morgan fingerprint density at radius 2 is 2.33 bits per heavy atom. The Labute approximate surface area is 53.2 Å². The summed E-state index contributed by atoms with van der Waals surface area (Å²) in [6.45, 7) is 1.19. The van der Waals surface area contributed by atoms with E-state index in [1.807, 2.05) is 0 Å². The van der Waals surface area contributed by atoms with Crippen molar-refractivity contribution >= 4 is 7.37 Å². The Bertz CT molecular complexity index is 171. The SMILES string of the molecule is CC(O)P(=O)(O)CC#N. The van der Waals surface area contributed by atoms with Crippen LogP contribution in [0, 0.1) is 11.3 Å². The maximum Gasteiger partial charge on any atom is 0.241 e. The number of aliphatic hydroxyl groups excluding tert-OH is 1. The maximum atomic E-state index is 10.6. The van der Waals surface area contributed by atoms with E-state index in [1.165, 1.54) is 13.0 Å². The molecule has 0 aliphatic rings. The fraction of sp³-hybridized carbons (Fsp3) is 0.750. The first-order valence-electron chi connectivity index (χ1n) is 2.37. The molecular formula is C4H8NO3P. The van der Waals surface area contributed by atoms with Gasteiger partial charge in [-0.15, -0.1) is 0 Å². The Hall–Kier alpha value is -0.360. The van der Waals surface area contributed by atoms with Gasteiger partial charge in [-0.1, -0.05) is 0 Å². The summed E-state index contributed by atoms with van der Waals surface area (Å²) in [7, 11) is -3.57. The molecule has 4 nitrogen and oxygen atoms in total. The molecule has 0 fully saturated rings. The van der Waals surface area contributed by atoms with Crippen LogP contribution in [0.2, 0.25) is 0 Å². The molecule has 2 atom stereocenters. The van der Waals surface area contributed by atoms with E-state index >= 15 is 0 Å². The van der Waals surface area contributed by atoms with Crippen molar-refractivity contribution in [3.8, 4) is 6.07 Å². The third kappa shape index (κ3) is 2.62. The minimum atomic E-state index is -3.57. The summed E-state index contributed by atoms with van der Waals surface area (Å²) >= 11 is 0. The first kappa shape index (κ1) is 8.64.